The molecule has 5 nitrogen and oxygen atoms in total. The van der Waals surface area contributed by atoms with Crippen LogP contribution in [0.15, 0.2) is 47.6 Å². The van der Waals surface area contributed by atoms with E-state index >= 15 is 0 Å². The summed E-state index contributed by atoms with van der Waals surface area (Å²) in [7, 11) is 0. The van der Waals surface area contributed by atoms with Crippen LogP contribution in [0.3, 0.4) is 0 Å². The fourth-order valence-electron chi connectivity index (χ4n) is 2.66. The summed E-state index contributed by atoms with van der Waals surface area (Å²) in [4.78, 5) is 31.4. The number of anilines is 1. The summed E-state index contributed by atoms with van der Waals surface area (Å²) in [5.74, 6) is -0.457. The molecule has 2 heterocycles. The fraction of sp³-hybridized carbons (Fsp3) is 0.235. The normalized spacial score (nSPS) is 17.7. The highest BCUT2D eigenvalue weighted by molar-refractivity contribution is 8.00. The number of amides is 3. The van der Waals surface area contributed by atoms with Gasteiger partial charge in [0, 0.05) is 23.8 Å². The van der Waals surface area contributed by atoms with Crippen molar-refractivity contribution in [3.05, 3.63) is 53.3 Å². The predicted octanol–water partition coefficient (Wildman–Crippen LogP) is 4.70. The monoisotopic (exact) mass is 415 g/mol. The van der Waals surface area contributed by atoms with Gasteiger partial charge < -0.3 is 4.90 Å². The Morgan fingerprint density at radius 3 is 2.44 bits per heavy atom. The molecule has 0 spiro atoms. The Labute approximate surface area is 162 Å². The lowest BCUT2D eigenvalue weighted by Crippen LogP contribution is -2.33. The molecular formula is C17H13ClF3N3O2S. The van der Waals surface area contributed by atoms with Gasteiger partial charge in [0.05, 0.1) is 10.7 Å². The van der Waals surface area contributed by atoms with Gasteiger partial charge in [-0.25, -0.2) is 9.69 Å². The van der Waals surface area contributed by atoms with Crippen molar-refractivity contribution in [2.45, 2.75) is 29.9 Å². The number of alkyl halides is 3. The molecule has 1 atom stereocenters. The number of urea groups is 1. The van der Waals surface area contributed by atoms with Crippen LogP contribution in [0, 0.1) is 0 Å². The molecule has 0 saturated carbocycles. The summed E-state index contributed by atoms with van der Waals surface area (Å²) in [6, 6.07) is 5.45. The number of halogens is 4. The molecule has 142 valence electrons. The molecule has 3 amide bonds. The van der Waals surface area contributed by atoms with Gasteiger partial charge in [-0.05, 0) is 54.6 Å². The van der Waals surface area contributed by atoms with Crippen LogP contribution in [0.25, 0.3) is 0 Å². The molecule has 27 heavy (non-hydrogen) atoms. The summed E-state index contributed by atoms with van der Waals surface area (Å²) in [6.45, 7) is 1.70. The van der Waals surface area contributed by atoms with E-state index in [0.29, 0.717) is 10.6 Å². The van der Waals surface area contributed by atoms with Gasteiger partial charge in [-0.2, -0.15) is 13.2 Å². The highest BCUT2D eigenvalue weighted by Gasteiger charge is 2.43. The molecule has 1 aliphatic heterocycles. The number of imide groups is 1. The van der Waals surface area contributed by atoms with E-state index in [1.54, 1.807) is 13.0 Å². The summed E-state index contributed by atoms with van der Waals surface area (Å²) in [5.41, 5.74) is -3.55. The van der Waals surface area contributed by atoms with Crippen LogP contribution in [0.5, 0.6) is 0 Å². The lowest BCUT2D eigenvalue weighted by Gasteiger charge is -2.20. The maximum Gasteiger partial charge on any atom is 0.446 e. The quantitative estimate of drug-likeness (QED) is 0.536. The largest absolute Gasteiger partial charge is 0.446 e. The van der Waals surface area contributed by atoms with Crippen LogP contribution in [-0.4, -0.2) is 33.4 Å². The molecule has 3 rings (SSSR count). The van der Waals surface area contributed by atoms with E-state index in [1.165, 1.54) is 41.6 Å². The minimum Gasteiger partial charge on any atom is -0.308 e. The molecular weight excluding hydrogens is 403 g/mol. The number of carbonyl (C=O) groups excluding carboxylic acids is 2. The van der Waals surface area contributed by atoms with E-state index in [2.05, 4.69) is 4.98 Å². The van der Waals surface area contributed by atoms with Gasteiger partial charge in [0.25, 0.3) is 5.91 Å². The van der Waals surface area contributed by atoms with Crippen molar-refractivity contribution in [3.8, 4) is 0 Å². The van der Waals surface area contributed by atoms with Gasteiger partial charge in [0.2, 0.25) is 0 Å². The maximum absolute atomic E-state index is 12.7. The van der Waals surface area contributed by atoms with Crippen LogP contribution >= 0.6 is 23.4 Å². The van der Waals surface area contributed by atoms with E-state index in [1.807, 2.05) is 0 Å². The third-order valence-corrected chi connectivity index (χ3v) is 5.09. The third-order valence-electron chi connectivity index (χ3n) is 4.01. The zero-order valence-corrected chi connectivity index (χ0v) is 15.5. The summed E-state index contributed by atoms with van der Waals surface area (Å²) < 4.78 is 37.3. The van der Waals surface area contributed by atoms with E-state index in [9.17, 15) is 22.8 Å². The first kappa shape index (κ1) is 19.5. The molecule has 0 N–H and O–H groups in total. The zero-order chi connectivity index (χ0) is 19.8. The van der Waals surface area contributed by atoms with Crippen molar-refractivity contribution in [1.29, 1.82) is 0 Å². The second kappa shape index (κ2) is 7.40. The average molecular weight is 416 g/mol. The van der Waals surface area contributed by atoms with Crippen molar-refractivity contribution in [2.24, 2.45) is 0 Å². The minimum absolute atomic E-state index is 0.0289. The number of hydrogen-bond acceptors (Lipinski definition) is 4. The highest BCUT2D eigenvalue weighted by Crippen LogP contribution is 2.38. The molecule has 1 fully saturated rings. The molecule has 0 radical (unpaired) electrons. The van der Waals surface area contributed by atoms with Crippen molar-refractivity contribution in [2.75, 3.05) is 4.90 Å². The van der Waals surface area contributed by atoms with Gasteiger partial charge in [0.15, 0.2) is 0 Å². The molecule has 1 saturated heterocycles. The molecule has 1 aromatic heterocycles. The second-order valence-corrected chi connectivity index (χ2v) is 7.31. The molecule has 1 aromatic carbocycles. The minimum atomic E-state index is -4.41. The van der Waals surface area contributed by atoms with Crippen LogP contribution < -0.4 is 4.90 Å². The number of aromatic nitrogens is 1. The molecule has 1 aliphatic rings. The molecule has 0 bridgehead atoms. The summed E-state index contributed by atoms with van der Waals surface area (Å²) in [5, 5.41) is 0.372. The number of pyridine rings is 1. The fourth-order valence-corrected chi connectivity index (χ4v) is 3.38. The molecule has 10 heteroatoms. The molecule has 0 aliphatic carbocycles. The van der Waals surface area contributed by atoms with Gasteiger partial charge >= 0.3 is 11.5 Å². The van der Waals surface area contributed by atoms with Gasteiger partial charge in [0.1, 0.15) is 6.04 Å². The van der Waals surface area contributed by atoms with Crippen LogP contribution in [-0.2, 0) is 11.3 Å². The number of rotatable bonds is 4. The SMILES string of the molecule is CC1C(=O)N(c2ccc(SC(F)(F)F)cc2)C(=O)N1Cc1ccncc1Cl. The van der Waals surface area contributed by atoms with Crippen molar-refractivity contribution in [1.82, 2.24) is 9.88 Å². The summed E-state index contributed by atoms with van der Waals surface area (Å²) >= 11 is 5.80. The number of carbonyl (C=O) groups is 2. The van der Waals surface area contributed by atoms with Crippen molar-refractivity contribution in [3.63, 3.8) is 0 Å². The van der Waals surface area contributed by atoms with E-state index in [-0.39, 0.29) is 28.9 Å². The first-order chi connectivity index (χ1) is 12.7. The molecule has 1 unspecified atom stereocenters. The van der Waals surface area contributed by atoms with E-state index in [4.69, 9.17) is 11.6 Å². The van der Waals surface area contributed by atoms with Gasteiger partial charge in [-0.3, -0.25) is 9.78 Å². The first-order valence-electron chi connectivity index (χ1n) is 7.76. The van der Waals surface area contributed by atoms with Crippen LogP contribution in [0.2, 0.25) is 5.02 Å². The Morgan fingerprint density at radius 1 is 1.19 bits per heavy atom. The van der Waals surface area contributed by atoms with Crippen molar-refractivity contribution < 1.29 is 22.8 Å². The number of benzene rings is 1. The Balaban J connectivity index is 1.82. The maximum atomic E-state index is 12.7. The number of nitrogens with zero attached hydrogens (tertiary/aromatic N) is 3. The number of hydrogen-bond donors (Lipinski definition) is 0. The smallest absolute Gasteiger partial charge is 0.308 e. The van der Waals surface area contributed by atoms with E-state index in [0.717, 1.165) is 4.90 Å². The van der Waals surface area contributed by atoms with Gasteiger partial charge in [-0.1, -0.05) is 11.6 Å². The average Bonchev–Trinajstić information content (AvgIpc) is 2.80. The lowest BCUT2D eigenvalue weighted by molar-refractivity contribution is -0.119. The molecule has 2 aromatic rings. The van der Waals surface area contributed by atoms with E-state index < -0.39 is 23.5 Å². The van der Waals surface area contributed by atoms with Gasteiger partial charge in [-0.15, -0.1) is 0 Å². The lowest BCUT2D eigenvalue weighted by atomic mass is 10.2. The van der Waals surface area contributed by atoms with Crippen LogP contribution in [0.1, 0.15) is 12.5 Å². The Hall–Kier alpha value is -2.26. The second-order valence-electron chi connectivity index (χ2n) is 5.77. The zero-order valence-electron chi connectivity index (χ0n) is 13.9. The Bertz CT molecular complexity index is 876. The standard InChI is InChI=1S/C17H13ClF3N3O2S/c1-10-15(25)24(12-2-4-13(5-3-12)27-17(19,20)21)16(26)23(10)9-11-6-7-22-8-14(11)18/h2-8,10H,9H2,1H3. The highest BCUT2D eigenvalue weighted by atomic mass is 35.5. The Kier molecular flexibility index (Phi) is 5.34. The third kappa shape index (κ3) is 4.19. The Morgan fingerprint density at radius 2 is 1.85 bits per heavy atom. The number of thioether (sulfide) groups is 1. The topological polar surface area (TPSA) is 53.5 Å². The first-order valence-corrected chi connectivity index (χ1v) is 8.95. The summed E-state index contributed by atoms with van der Waals surface area (Å²) in [6.07, 6.45) is 2.97. The van der Waals surface area contributed by atoms with Crippen LogP contribution in [0.4, 0.5) is 23.7 Å². The predicted molar refractivity (Wildman–Crippen MR) is 95.5 cm³/mol. The van der Waals surface area contributed by atoms with Crippen molar-refractivity contribution >= 4 is 41.0 Å².